The maximum atomic E-state index is 12.9. The highest BCUT2D eigenvalue weighted by molar-refractivity contribution is 7.89. The second-order valence-corrected chi connectivity index (χ2v) is 11.5. The first-order valence-corrected chi connectivity index (χ1v) is 12.0. The molecule has 0 aromatic heterocycles. The van der Waals surface area contributed by atoms with Gasteiger partial charge in [-0.3, -0.25) is 4.79 Å². The number of hydrogen-bond acceptors (Lipinski definition) is 5. The van der Waals surface area contributed by atoms with Gasteiger partial charge in [-0.25, -0.2) is 21.1 Å². The Hall–Kier alpha value is -2.27. The van der Waals surface area contributed by atoms with Crippen LogP contribution in [-0.2, 0) is 24.8 Å². The molecule has 1 amide bonds. The minimum Gasteiger partial charge on any atom is -0.325 e. The second kappa shape index (κ2) is 8.84. The van der Waals surface area contributed by atoms with Crippen molar-refractivity contribution in [2.75, 3.05) is 33.0 Å². The molecule has 164 valence electrons. The van der Waals surface area contributed by atoms with Crippen LogP contribution in [0.3, 0.4) is 0 Å². The molecular formula is C20H27N3O5S2. The van der Waals surface area contributed by atoms with Gasteiger partial charge in [-0.1, -0.05) is 18.2 Å². The highest BCUT2D eigenvalue weighted by Crippen LogP contribution is 2.23. The lowest BCUT2D eigenvalue weighted by Crippen LogP contribution is -2.35. The van der Waals surface area contributed by atoms with E-state index in [1.807, 2.05) is 6.07 Å². The van der Waals surface area contributed by atoms with Crippen molar-refractivity contribution in [1.29, 1.82) is 0 Å². The number of anilines is 1. The van der Waals surface area contributed by atoms with E-state index in [0.29, 0.717) is 16.8 Å². The molecule has 2 aromatic carbocycles. The van der Waals surface area contributed by atoms with E-state index in [2.05, 4.69) is 5.32 Å². The first kappa shape index (κ1) is 24.0. The van der Waals surface area contributed by atoms with Gasteiger partial charge < -0.3 is 5.32 Å². The molecule has 2 rings (SSSR count). The maximum absolute atomic E-state index is 12.9. The first-order chi connectivity index (χ1) is 13.8. The van der Waals surface area contributed by atoms with Gasteiger partial charge in [0.1, 0.15) is 0 Å². The molecule has 8 nitrogen and oxygen atoms in total. The monoisotopic (exact) mass is 453 g/mol. The van der Waals surface area contributed by atoms with Crippen LogP contribution in [0.1, 0.15) is 16.7 Å². The van der Waals surface area contributed by atoms with Gasteiger partial charge in [0.2, 0.25) is 26.0 Å². The van der Waals surface area contributed by atoms with Crippen molar-refractivity contribution in [2.45, 2.75) is 30.6 Å². The number of hydrogen-bond donors (Lipinski definition) is 1. The Labute approximate surface area is 178 Å². The zero-order valence-electron chi connectivity index (χ0n) is 17.9. The molecule has 0 aliphatic carbocycles. The van der Waals surface area contributed by atoms with Crippen LogP contribution < -0.4 is 5.32 Å². The van der Waals surface area contributed by atoms with Crippen LogP contribution in [0.15, 0.2) is 46.2 Å². The molecule has 0 saturated heterocycles. The number of carbonyl (C=O) groups excluding carboxylic acids is 1. The van der Waals surface area contributed by atoms with Crippen molar-refractivity contribution < 1.29 is 21.6 Å². The second-order valence-electron chi connectivity index (χ2n) is 7.34. The van der Waals surface area contributed by atoms with E-state index < -0.39 is 32.5 Å². The number of amides is 1. The summed E-state index contributed by atoms with van der Waals surface area (Å²) in [4.78, 5) is 12.7. The Morgan fingerprint density at radius 3 is 2.07 bits per heavy atom. The van der Waals surface area contributed by atoms with Crippen molar-refractivity contribution >= 4 is 31.6 Å². The number of sulfonamides is 2. The third-order valence-electron chi connectivity index (χ3n) is 4.66. The third kappa shape index (κ3) is 5.07. The van der Waals surface area contributed by atoms with Crippen molar-refractivity contribution in [2.24, 2.45) is 0 Å². The molecule has 0 spiro atoms. The molecule has 0 aliphatic heterocycles. The summed E-state index contributed by atoms with van der Waals surface area (Å²) in [6.07, 6.45) is 0. The van der Waals surface area contributed by atoms with Crippen LogP contribution in [0, 0.1) is 20.8 Å². The fraction of sp³-hybridized carbons (Fsp3) is 0.350. The van der Waals surface area contributed by atoms with Crippen molar-refractivity contribution in [1.82, 2.24) is 8.61 Å². The molecule has 30 heavy (non-hydrogen) atoms. The van der Waals surface area contributed by atoms with Gasteiger partial charge in [0.15, 0.2) is 0 Å². The summed E-state index contributed by atoms with van der Waals surface area (Å²) in [5.74, 6) is -0.575. The fourth-order valence-electron chi connectivity index (χ4n) is 2.74. The van der Waals surface area contributed by atoms with Crippen LogP contribution in [0.5, 0.6) is 0 Å². The fourth-order valence-corrected chi connectivity index (χ4v) is 5.10. The zero-order chi connectivity index (χ0) is 22.9. The van der Waals surface area contributed by atoms with Crippen molar-refractivity contribution in [3.8, 4) is 0 Å². The van der Waals surface area contributed by atoms with Crippen LogP contribution >= 0.6 is 0 Å². The molecule has 0 unspecified atom stereocenters. The summed E-state index contributed by atoms with van der Waals surface area (Å²) < 4.78 is 52.5. The minimum atomic E-state index is -3.86. The standard InChI is InChI=1S/C20H27N3O5S2/c1-14-7-8-16(3)19(11-14)30(27,28)23(6)13-20(24)21-18-12-17(10-9-15(18)2)29(25,26)22(4)5/h7-12H,13H2,1-6H3,(H,21,24). The molecule has 10 heteroatoms. The molecule has 0 bridgehead atoms. The van der Waals surface area contributed by atoms with E-state index in [-0.39, 0.29) is 9.79 Å². The van der Waals surface area contributed by atoms with Crippen LogP contribution in [-0.4, -0.2) is 59.0 Å². The molecular weight excluding hydrogens is 426 g/mol. The van der Waals surface area contributed by atoms with E-state index >= 15 is 0 Å². The van der Waals surface area contributed by atoms with Crippen LogP contribution in [0.4, 0.5) is 5.69 Å². The lowest BCUT2D eigenvalue weighted by Gasteiger charge is -2.19. The maximum Gasteiger partial charge on any atom is 0.243 e. The van der Waals surface area contributed by atoms with E-state index in [4.69, 9.17) is 0 Å². The van der Waals surface area contributed by atoms with Gasteiger partial charge in [-0.05, 0) is 55.7 Å². The molecule has 0 aliphatic rings. The molecule has 2 aromatic rings. The summed E-state index contributed by atoms with van der Waals surface area (Å²) in [5, 5.41) is 2.61. The zero-order valence-corrected chi connectivity index (χ0v) is 19.6. The quantitative estimate of drug-likeness (QED) is 0.692. The molecule has 0 heterocycles. The number of aryl methyl sites for hydroxylation is 3. The molecule has 0 saturated carbocycles. The summed E-state index contributed by atoms with van der Waals surface area (Å²) in [5.41, 5.74) is 2.35. The minimum absolute atomic E-state index is 0.0322. The number of nitrogens with zero attached hydrogens (tertiary/aromatic N) is 2. The van der Waals surface area contributed by atoms with E-state index in [1.165, 1.54) is 33.3 Å². The number of benzene rings is 2. The Balaban J connectivity index is 2.24. The van der Waals surface area contributed by atoms with Gasteiger partial charge >= 0.3 is 0 Å². The number of rotatable bonds is 7. The van der Waals surface area contributed by atoms with Gasteiger partial charge in [-0.2, -0.15) is 4.31 Å². The molecule has 0 fully saturated rings. The van der Waals surface area contributed by atoms with Gasteiger partial charge in [0.25, 0.3) is 0 Å². The first-order valence-electron chi connectivity index (χ1n) is 9.13. The lowest BCUT2D eigenvalue weighted by atomic mass is 10.2. The summed E-state index contributed by atoms with van der Waals surface area (Å²) >= 11 is 0. The third-order valence-corrected chi connectivity index (χ3v) is 8.42. The average Bonchev–Trinajstić information content (AvgIpc) is 2.64. The van der Waals surface area contributed by atoms with E-state index in [9.17, 15) is 21.6 Å². The Bertz CT molecular complexity index is 1170. The summed E-state index contributed by atoms with van der Waals surface area (Å²) in [6, 6.07) is 9.51. The summed E-state index contributed by atoms with van der Waals surface area (Å²) in [7, 11) is -3.37. The van der Waals surface area contributed by atoms with Crippen molar-refractivity contribution in [3.05, 3.63) is 53.1 Å². The Morgan fingerprint density at radius 1 is 0.867 bits per heavy atom. The summed E-state index contributed by atoms with van der Waals surface area (Å²) in [6.45, 7) is 4.79. The predicted molar refractivity (Wildman–Crippen MR) is 116 cm³/mol. The lowest BCUT2D eigenvalue weighted by molar-refractivity contribution is -0.116. The largest absolute Gasteiger partial charge is 0.325 e. The van der Waals surface area contributed by atoms with Gasteiger partial charge in [0.05, 0.1) is 16.3 Å². The van der Waals surface area contributed by atoms with Crippen LogP contribution in [0.2, 0.25) is 0 Å². The number of carbonyl (C=O) groups is 1. The van der Waals surface area contributed by atoms with E-state index in [0.717, 1.165) is 14.2 Å². The van der Waals surface area contributed by atoms with Gasteiger partial charge in [-0.15, -0.1) is 0 Å². The SMILES string of the molecule is Cc1ccc(C)c(S(=O)(=O)N(C)CC(=O)Nc2cc(S(=O)(=O)N(C)C)ccc2C)c1. The Kier molecular flexibility index (Phi) is 7.08. The highest BCUT2D eigenvalue weighted by atomic mass is 32.2. The molecule has 1 N–H and O–H groups in total. The Morgan fingerprint density at radius 2 is 1.47 bits per heavy atom. The smallest absolute Gasteiger partial charge is 0.243 e. The highest BCUT2D eigenvalue weighted by Gasteiger charge is 2.25. The van der Waals surface area contributed by atoms with Crippen LogP contribution in [0.25, 0.3) is 0 Å². The van der Waals surface area contributed by atoms with Crippen molar-refractivity contribution in [3.63, 3.8) is 0 Å². The average molecular weight is 454 g/mol. The topological polar surface area (TPSA) is 104 Å². The number of likely N-dealkylation sites (N-methyl/N-ethyl adjacent to an activating group) is 1. The molecule has 0 atom stereocenters. The normalized spacial score (nSPS) is 12.4. The number of nitrogens with one attached hydrogen (secondary N) is 1. The van der Waals surface area contributed by atoms with E-state index in [1.54, 1.807) is 39.0 Å². The van der Waals surface area contributed by atoms with Gasteiger partial charge in [0, 0.05) is 26.8 Å². The predicted octanol–water partition coefficient (Wildman–Crippen LogP) is 2.12. The molecule has 0 radical (unpaired) electrons.